The van der Waals surface area contributed by atoms with Crippen LogP contribution in [0.3, 0.4) is 0 Å². The van der Waals surface area contributed by atoms with E-state index in [1.165, 1.54) is 0 Å². The van der Waals surface area contributed by atoms with Gasteiger partial charge in [-0.2, -0.15) is 0 Å². The number of carboxylic acid groups (broad SMARTS) is 1. The Morgan fingerprint density at radius 1 is 1.56 bits per heavy atom. The van der Waals surface area contributed by atoms with Crippen molar-refractivity contribution in [2.24, 2.45) is 0 Å². The van der Waals surface area contributed by atoms with E-state index < -0.39 is 11.9 Å². The molecule has 0 aliphatic heterocycles. The summed E-state index contributed by atoms with van der Waals surface area (Å²) in [5.74, 6) is 3.39. The minimum Gasteiger partial charge on any atom is -0.477 e. The SMILES string of the molecule is CC#CC(=O)NCc1nc(C)c(C(=O)O)s1. The van der Waals surface area contributed by atoms with Crippen LogP contribution in [0.25, 0.3) is 0 Å². The lowest BCUT2D eigenvalue weighted by Crippen LogP contribution is -2.20. The number of carbonyl (C=O) groups is 2. The Morgan fingerprint density at radius 2 is 2.25 bits per heavy atom. The Bertz CT molecular complexity index is 482. The number of aromatic nitrogens is 1. The first-order chi connectivity index (χ1) is 7.54. The van der Waals surface area contributed by atoms with Gasteiger partial charge in [0.15, 0.2) is 0 Å². The molecule has 6 heteroatoms. The molecule has 1 rings (SSSR count). The van der Waals surface area contributed by atoms with Gasteiger partial charge in [-0.05, 0) is 19.8 Å². The Balaban J connectivity index is 2.68. The molecule has 0 aliphatic carbocycles. The van der Waals surface area contributed by atoms with E-state index in [2.05, 4.69) is 22.1 Å². The third kappa shape index (κ3) is 3.07. The van der Waals surface area contributed by atoms with E-state index in [1.807, 2.05) is 0 Å². The maximum Gasteiger partial charge on any atom is 0.347 e. The summed E-state index contributed by atoms with van der Waals surface area (Å²) >= 11 is 1.05. The predicted molar refractivity (Wildman–Crippen MR) is 59.1 cm³/mol. The van der Waals surface area contributed by atoms with Gasteiger partial charge in [-0.25, -0.2) is 9.78 Å². The number of aryl methyl sites for hydroxylation is 1. The van der Waals surface area contributed by atoms with Gasteiger partial charge in [0.1, 0.15) is 9.88 Å². The fourth-order valence-corrected chi connectivity index (χ4v) is 1.88. The van der Waals surface area contributed by atoms with Crippen LogP contribution in [0.15, 0.2) is 0 Å². The maximum atomic E-state index is 11.0. The van der Waals surface area contributed by atoms with Crippen molar-refractivity contribution in [3.8, 4) is 11.8 Å². The molecule has 0 saturated carbocycles. The number of carbonyl (C=O) groups excluding carboxylic acids is 1. The number of hydrogen-bond acceptors (Lipinski definition) is 4. The molecule has 0 bridgehead atoms. The fraction of sp³-hybridized carbons (Fsp3) is 0.300. The zero-order chi connectivity index (χ0) is 12.1. The van der Waals surface area contributed by atoms with Crippen molar-refractivity contribution in [3.05, 3.63) is 15.6 Å². The first kappa shape index (κ1) is 12.2. The summed E-state index contributed by atoms with van der Waals surface area (Å²) in [7, 11) is 0. The lowest BCUT2D eigenvalue weighted by atomic mass is 10.4. The van der Waals surface area contributed by atoms with Crippen LogP contribution in [0.5, 0.6) is 0 Å². The van der Waals surface area contributed by atoms with Gasteiger partial charge >= 0.3 is 5.97 Å². The predicted octanol–water partition coefficient (Wildman–Crippen LogP) is 0.789. The summed E-state index contributed by atoms with van der Waals surface area (Å²) in [6, 6.07) is 0. The smallest absolute Gasteiger partial charge is 0.347 e. The number of carboxylic acids is 1. The molecule has 0 saturated heterocycles. The number of nitrogens with one attached hydrogen (secondary N) is 1. The van der Waals surface area contributed by atoms with Crippen molar-refractivity contribution >= 4 is 23.2 Å². The molecule has 2 N–H and O–H groups in total. The van der Waals surface area contributed by atoms with Crippen molar-refractivity contribution in [3.63, 3.8) is 0 Å². The van der Waals surface area contributed by atoms with Crippen LogP contribution in [0, 0.1) is 18.8 Å². The molecule has 84 valence electrons. The number of amides is 1. The van der Waals surface area contributed by atoms with Gasteiger partial charge in [0, 0.05) is 0 Å². The highest BCUT2D eigenvalue weighted by atomic mass is 32.1. The van der Waals surface area contributed by atoms with E-state index in [9.17, 15) is 9.59 Å². The number of thiazole rings is 1. The molecular weight excluding hydrogens is 228 g/mol. The normalized spacial score (nSPS) is 9.12. The Hall–Kier alpha value is -1.87. The lowest BCUT2D eigenvalue weighted by Gasteiger charge is -1.95. The Labute approximate surface area is 96.5 Å². The van der Waals surface area contributed by atoms with Gasteiger partial charge in [-0.1, -0.05) is 5.92 Å². The first-order valence-corrected chi connectivity index (χ1v) is 5.26. The van der Waals surface area contributed by atoms with Gasteiger partial charge in [-0.15, -0.1) is 11.3 Å². The van der Waals surface area contributed by atoms with E-state index in [0.29, 0.717) is 10.7 Å². The van der Waals surface area contributed by atoms with Gasteiger partial charge in [0.25, 0.3) is 5.91 Å². The second-order valence-corrected chi connectivity index (χ2v) is 3.97. The minimum absolute atomic E-state index is 0.200. The second kappa shape index (κ2) is 5.28. The molecule has 0 radical (unpaired) electrons. The zero-order valence-electron chi connectivity index (χ0n) is 8.83. The average Bonchev–Trinajstić information content (AvgIpc) is 2.57. The largest absolute Gasteiger partial charge is 0.477 e. The molecular formula is C10H10N2O3S. The minimum atomic E-state index is -0.999. The van der Waals surface area contributed by atoms with E-state index >= 15 is 0 Å². The van der Waals surface area contributed by atoms with Crippen LogP contribution in [0.4, 0.5) is 0 Å². The van der Waals surface area contributed by atoms with E-state index in [4.69, 9.17) is 5.11 Å². The van der Waals surface area contributed by atoms with Crippen LogP contribution in [0.1, 0.15) is 27.3 Å². The lowest BCUT2D eigenvalue weighted by molar-refractivity contribution is -0.115. The number of nitrogens with zero attached hydrogens (tertiary/aromatic N) is 1. The Morgan fingerprint density at radius 3 is 2.75 bits per heavy atom. The number of hydrogen-bond donors (Lipinski definition) is 2. The van der Waals surface area contributed by atoms with E-state index in [1.54, 1.807) is 13.8 Å². The zero-order valence-corrected chi connectivity index (χ0v) is 9.64. The highest BCUT2D eigenvalue weighted by Gasteiger charge is 2.13. The topological polar surface area (TPSA) is 79.3 Å². The fourth-order valence-electron chi connectivity index (χ4n) is 1.04. The monoisotopic (exact) mass is 238 g/mol. The standard InChI is InChI=1S/C10H10N2O3S/c1-3-4-7(13)11-5-8-12-6(2)9(16-8)10(14)15/h5H2,1-2H3,(H,11,13)(H,14,15). The van der Waals surface area contributed by atoms with Crippen LogP contribution in [-0.2, 0) is 11.3 Å². The van der Waals surface area contributed by atoms with Gasteiger partial charge in [0.2, 0.25) is 0 Å². The molecule has 1 amide bonds. The van der Waals surface area contributed by atoms with Gasteiger partial charge < -0.3 is 10.4 Å². The Kier molecular flexibility index (Phi) is 4.03. The average molecular weight is 238 g/mol. The molecule has 1 aromatic rings. The van der Waals surface area contributed by atoms with Crippen LogP contribution >= 0.6 is 11.3 Å². The quantitative estimate of drug-likeness (QED) is 0.763. The molecule has 0 spiro atoms. The summed E-state index contributed by atoms with van der Waals surface area (Å²) in [6.45, 7) is 3.39. The summed E-state index contributed by atoms with van der Waals surface area (Å²) in [6.07, 6.45) is 0. The molecule has 5 nitrogen and oxygen atoms in total. The summed E-state index contributed by atoms with van der Waals surface area (Å²) in [5, 5.41) is 11.9. The van der Waals surface area contributed by atoms with Gasteiger partial charge in [-0.3, -0.25) is 4.79 Å². The van der Waals surface area contributed by atoms with E-state index in [0.717, 1.165) is 11.3 Å². The maximum absolute atomic E-state index is 11.0. The van der Waals surface area contributed by atoms with Crippen molar-refractivity contribution < 1.29 is 14.7 Å². The van der Waals surface area contributed by atoms with Crippen LogP contribution < -0.4 is 5.32 Å². The van der Waals surface area contributed by atoms with Crippen molar-refractivity contribution in [1.82, 2.24) is 10.3 Å². The van der Waals surface area contributed by atoms with Crippen LogP contribution in [0.2, 0.25) is 0 Å². The van der Waals surface area contributed by atoms with Gasteiger partial charge in [0.05, 0.1) is 12.2 Å². The summed E-state index contributed by atoms with van der Waals surface area (Å²) < 4.78 is 0. The van der Waals surface area contributed by atoms with Crippen molar-refractivity contribution in [1.29, 1.82) is 0 Å². The van der Waals surface area contributed by atoms with Crippen molar-refractivity contribution in [2.75, 3.05) is 0 Å². The molecule has 0 aromatic carbocycles. The third-order valence-electron chi connectivity index (χ3n) is 1.67. The molecule has 1 aromatic heterocycles. The van der Waals surface area contributed by atoms with Crippen molar-refractivity contribution in [2.45, 2.75) is 20.4 Å². The highest BCUT2D eigenvalue weighted by Crippen LogP contribution is 2.17. The molecule has 0 unspecified atom stereocenters. The summed E-state index contributed by atoms with van der Waals surface area (Å²) in [4.78, 5) is 26.0. The summed E-state index contributed by atoms with van der Waals surface area (Å²) in [5.41, 5.74) is 0.461. The van der Waals surface area contributed by atoms with E-state index in [-0.39, 0.29) is 11.4 Å². The molecule has 16 heavy (non-hydrogen) atoms. The molecule has 1 heterocycles. The first-order valence-electron chi connectivity index (χ1n) is 4.44. The second-order valence-electron chi connectivity index (χ2n) is 2.88. The van der Waals surface area contributed by atoms with Crippen LogP contribution in [-0.4, -0.2) is 22.0 Å². The number of aromatic carboxylic acids is 1. The number of rotatable bonds is 3. The molecule has 0 aliphatic rings. The molecule has 0 atom stereocenters. The highest BCUT2D eigenvalue weighted by molar-refractivity contribution is 7.13. The third-order valence-corrected chi connectivity index (χ3v) is 2.82. The molecule has 0 fully saturated rings.